The summed E-state index contributed by atoms with van der Waals surface area (Å²) in [5.74, 6) is -0.660. The molecule has 474 valence electrons. The van der Waals surface area contributed by atoms with Gasteiger partial charge in [-0.2, -0.15) is 0 Å². The Hall–Kier alpha value is -6.83. The number of fused-ring (bicyclic) bond motifs is 4. The van der Waals surface area contributed by atoms with E-state index < -0.39 is 178 Å². The maximum absolute atomic E-state index is 12.7. The maximum atomic E-state index is 12.7. The molecule has 0 aliphatic carbocycles. The first-order valence-electron chi connectivity index (χ1n) is 41.2. The number of ketones is 1. The van der Waals surface area contributed by atoms with Crippen molar-refractivity contribution < 1.29 is 91.8 Å². The first-order chi connectivity index (χ1) is 52.0. The molecule has 3 atom stereocenters. The summed E-state index contributed by atoms with van der Waals surface area (Å²) < 4.78 is 243. The number of rotatable bonds is 21. The van der Waals surface area contributed by atoms with Crippen LogP contribution in [0.5, 0.6) is 0 Å². The molecule has 0 saturated heterocycles. The van der Waals surface area contributed by atoms with Gasteiger partial charge in [0.1, 0.15) is 11.3 Å². The Morgan fingerprint density at radius 2 is 0.756 bits per heavy atom. The molecule has 0 radical (unpaired) electrons. The first-order valence-corrected chi connectivity index (χ1v) is 25.0. The predicted octanol–water partition coefficient (Wildman–Crippen LogP) is -3.67. The van der Waals surface area contributed by atoms with Crippen LogP contribution in [0.15, 0.2) is 63.6 Å². The molecule has 86 heavy (non-hydrogen) atoms. The number of aliphatic hydroxyl groups excluding tert-OH is 1. The van der Waals surface area contributed by atoms with Crippen LogP contribution >= 0.6 is 0 Å². The topological polar surface area (TPSA) is 345 Å². The molecule has 0 aliphatic rings. The molecule has 31 heteroatoms. The SMILES string of the molecule is C.[2H]OCC.[2H][B-]([2H])([2H])[2H].[2H]c1nc2c(c(=O)n(CCCC([2H])([2H])C(C)=O)c(=O)n2C)n1C([2H])([2H])[2H].[2H]c1nc2c(c(=O)n(CCCC([2H])([2H])C([2H])(C)O)c(=O)n2C)n1C([2H])([2H])[2H].[2H]c1nc2c(c(=O)n(CCCC([2H])([2H])[C@@]([2H])(C)O)c(=O)n2C)n1C([2H])([2H])[2H].[2H]c1nc2c(c(=O)n(CCCC([2H])([2H])[C@]([2H])(C)O)c(=O)n2C)n1C([2H])([2H])[2H].[Na+]. The van der Waals surface area contributed by atoms with Crippen molar-refractivity contribution >= 4 is 58.7 Å². The van der Waals surface area contributed by atoms with E-state index in [-0.39, 0.29) is 137 Å². The summed E-state index contributed by atoms with van der Waals surface area (Å²) in [7, 11) is 2.14. The molecule has 8 aromatic rings. The Labute approximate surface area is 565 Å². The van der Waals surface area contributed by atoms with E-state index >= 15 is 0 Å². The average Bonchev–Trinajstić information content (AvgIpc) is 1.60. The van der Waals surface area contributed by atoms with Gasteiger partial charge < -0.3 is 43.5 Å². The fourth-order valence-corrected chi connectivity index (χ4v) is 7.66. The number of hydrogen-bond acceptors (Lipinski definition) is 17. The van der Waals surface area contributed by atoms with Crippen molar-refractivity contribution in [1.82, 2.24) is 74.7 Å². The molecule has 0 bridgehead atoms. The van der Waals surface area contributed by atoms with E-state index in [0.29, 0.717) is 24.9 Å². The number of carbonyl (C=O) groups excluding carboxylic acids is 1. The van der Waals surface area contributed by atoms with Crippen molar-refractivity contribution in [3.63, 3.8) is 0 Å². The van der Waals surface area contributed by atoms with Crippen molar-refractivity contribution in [2.45, 2.75) is 163 Å². The van der Waals surface area contributed by atoms with Crippen LogP contribution in [0.4, 0.5) is 0 Å². The second-order valence-electron chi connectivity index (χ2n) is 17.8. The second-order valence-corrected chi connectivity index (χ2v) is 17.8. The number of aromatic nitrogens is 16. The molecule has 1 unspecified atom stereocenters. The zero-order valence-corrected chi connectivity index (χ0v) is 50.3. The summed E-state index contributed by atoms with van der Waals surface area (Å²) in [5.41, 5.74) is -9.46. The summed E-state index contributed by atoms with van der Waals surface area (Å²) in [5, 5.41) is 32.4. The first kappa shape index (κ1) is 39.1. The minimum Gasteiger partial charge on any atom is -0.397 e. The van der Waals surface area contributed by atoms with Crippen molar-refractivity contribution in [3.8, 4) is 0 Å². The quantitative estimate of drug-likeness (QED) is 0.0504. The van der Waals surface area contributed by atoms with E-state index in [1.165, 1.54) is 28.2 Å². The summed E-state index contributed by atoms with van der Waals surface area (Å²) in [6, 6.07) is 0. The van der Waals surface area contributed by atoms with Gasteiger partial charge in [-0.05, 0) is 105 Å². The number of aliphatic hydroxyl groups is 4. The van der Waals surface area contributed by atoms with E-state index in [0.717, 1.165) is 64.2 Å². The summed E-state index contributed by atoms with van der Waals surface area (Å²) in [4.78, 5) is 126. The number of carbonyl (C=O) groups is 1. The molecule has 8 rings (SSSR count). The van der Waals surface area contributed by atoms with Gasteiger partial charge in [0.15, 0.2) is 44.7 Å². The molecule has 8 heterocycles. The second kappa shape index (κ2) is 35.7. The van der Waals surface area contributed by atoms with Gasteiger partial charge in [-0.25, -0.2) is 44.5 Å². The molecule has 4 N–H and O–H groups in total. The van der Waals surface area contributed by atoms with Crippen molar-refractivity contribution in [3.05, 3.63) is 109 Å². The van der Waals surface area contributed by atoms with Gasteiger partial charge in [-0.1, -0.05) is 15.7 Å². The summed E-state index contributed by atoms with van der Waals surface area (Å²) >= 11 is 0. The molecule has 0 saturated carbocycles. The minimum absolute atomic E-state index is 0. The van der Waals surface area contributed by atoms with Crippen molar-refractivity contribution in [2.24, 2.45) is 56.1 Å². The van der Waals surface area contributed by atoms with E-state index in [9.17, 15) is 58.5 Å². The third-order valence-corrected chi connectivity index (χ3v) is 11.6. The van der Waals surface area contributed by atoms with Gasteiger partial charge in [-0.3, -0.25) is 55.7 Å². The van der Waals surface area contributed by atoms with Crippen molar-refractivity contribution in [1.29, 1.82) is 6.77 Å². The number of hydrogen-bond donors (Lipinski definition) is 4. The van der Waals surface area contributed by atoms with E-state index in [4.69, 9.17) is 43.8 Å². The predicted molar refractivity (Wildman–Crippen MR) is 333 cm³/mol. The van der Waals surface area contributed by atoms with Crippen LogP contribution in [0, 0.1) is 0 Å². The summed E-state index contributed by atoms with van der Waals surface area (Å²) in [6.45, 7) is -5.97. The Kier molecular flexibility index (Phi) is 16.3. The number of nitrogens with zero attached hydrogens (tertiary/aromatic N) is 16. The van der Waals surface area contributed by atoms with Crippen LogP contribution in [0.25, 0.3) is 44.7 Å². The number of aryl methyl sites for hydroxylation is 8. The molecule has 8 aromatic heterocycles. The Morgan fingerprint density at radius 1 is 0.535 bits per heavy atom. The molecule has 0 amide bonds. The van der Waals surface area contributed by atoms with E-state index in [2.05, 4.69) is 25.0 Å². The Bertz CT molecular complexity index is 5000. The zero-order chi connectivity index (χ0) is 90.8. The molecule has 29 nitrogen and oxygen atoms in total. The standard InChI is InChI=1S/3C13H20N4O3.C13H18N4O3.C2H6O.CH4.BH4.Na/c4*1-9(18)6-4-5-7-17-12(19)10-11(14-8-15(10)2)16(3)13(17)20;1-2-3;;;/h3*8-9,18H,4-7H2,1-3H3;8H,4-7H2,1-3H3;3H,2H2,1H3;2*1H4;/q;;;;;;-1;+1/t2*9-;;;;;;/m10....../s1/i3*2D3,6D2,8D,9D;2D3,6D2,8D;3D;;1D4;. The van der Waals surface area contributed by atoms with Crippen LogP contribution in [-0.2, 0) is 87.1 Å². The third kappa shape index (κ3) is 19.1. The number of imidazole rings is 4. The fourth-order valence-electron chi connectivity index (χ4n) is 7.66. The van der Waals surface area contributed by atoms with Crippen LogP contribution < -0.4 is 74.6 Å². The van der Waals surface area contributed by atoms with Gasteiger partial charge in [0.2, 0.25) is 1.43 Å². The van der Waals surface area contributed by atoms with Crippen LogP contribution in [0.3, 0.4) is 0 Å². The monoisotopic (exact) mass is 1250 g/mol. The molecule has 0 fully saturated rings. The average molecular weight is 1250 g/mol. The fraction of sp³-hybridized carbons (Fsp3) is 0.618. The Morgan fingerprint density at radius 3 is 0.942 bits per heavy atom. The molecular weight excluding hydrogens is 1130 g/mol. The van der Waals surface area contributed by atoms with E-state index in [1.54, 1.807) is 6.92 Å². The van der Waals surface area contributed by atoms with E-state index in [1.807, 2.05) is 0 Å². The minimum atomic E-state index is -3.00. The van der Waals surface area contributed by atoms with Gasteiger partial charge in [0.25, 0.3) is 22.2 Å². The van der Waals surface area contributed by atoms with Gasteiger partial charge in [0.05, 0.1) is 47.6 Å². The number of Topliss-reactive ketones (excluding diaryl/α,β-unsaturated/α-hetero) is 1. The zero-order valence-electron chi connectivity index (χ0n) is 80.3. The largest absolute Gasteiger partial charge is 1.00 e. The molecule has 0 aromatic carbocycles. The van der Waals surface area contributed by atoms with Crippen LogP contribution in [0.2, 0.25) is 0 Å². The van der Waals surface area contributed by atoms with Gasteiger partial charge >= 0.3 is 52.3 Å². The van der Waals surface area contributed by atoms with Gasteiger partial charge in [0, 0.05) is 123 Å². The van der Waals surface area contributed by atoms with Crippen LogP contribution in [-0.4, -0.2) is 141 Å². The molecule has 0 spiro atoms. The molecular formula is C55H92BN16NaO13. The van der Waals surface area contributed by atoms with Gasteiger partial charge in [-0.15, -0.1) is 0 Å². The Balaban J connectivity index is 0.000000754. The smallest absolute Gasteiger partial charge is 0.397 e. The molecule has 0 aliphatic heterocycles. The van der Waals surface area contributed by atoms with Crippen molar-refractivity contribution in [2.75, 3.05) is 6.61 Å². The maximum Gasteiger partial charge on any atom is 1.00 e. The summed E-state index contributed by atoms with van der Waals surface area (Å²) in [6.07, 6.45) is -20.0. The third-order valence-electron chi connectivity index (χ3n) is 11.6. The normalized spacial score (nSPS) is 19.7. The van der Waals surface area contributed by atoms with Crippen LogP contribution in [0.1, 0.15) is 156 Å².